The highest BCUT2D eigenvalue weighted by molar-refractivity contribution is 5.97. The molecule has 0 aliphatic carbocycles. The number of rotatable bonds is 2. The maximum atomic E-state index is 13.0. The Morgan fingerprint density at radius 2 is 1.85 bits per heavy atom. The molecule has 2 aromatic rings. The van der Waals surface area contributed by atoms with Crippen LogP contribution >= 0.6 is 0 Å². The van der Waals surface area contributed by atoms with E-state index in [2.05, 4.69) is 10.2 Å². The number of nitrogens with zero attached hydrogens (tertiary/aromatic N) is 3. The molecule has 2 aliphatic heterocycles. The number of morpholine rings is 1. The predicted molar refractivity (Wildman–Crippen MR) is 99.7 cm³/mol. The fraction of sp³-hybridized carbons (Fsp3) is 0.450. The number of nitrogens with one attached hydrogen (secondary N) is 1. The van der Waals surface area contributed by atoms with Crippen LogP contribution in [0.25, 0.3) is 0 Å². The van der Waals surface area contributed by atoms with Crippen molar-refractivity contribution in [3.63, 3.8) is 0 Å². The lowest BCUT2D eigenvalue weighted by Gasteiger charge is -2.29. The van der Waals surface area contributed by atoms with E-state index in [1.807, 2.05) is 36.9 Å². The molecule has 0 radical (unpaired) electrons. The van der Waals surface area contributed by atoms with E-state index in [0.717, 1.165) is 22.4 Å². The first-order chi connectivity index (χ1) is 13.0. The molecule has 2 amide bonds. The maximum Gasteiger partial charge on any atom is 0.274 e. The number of carbonyl (C=O) groups is 2. The summed E-state index contributed by atoms with van der Waals surface area (Å²) >= 11 is 0. The van der Waals surface area contributed by atoms with Gasteiger partial charge in [0.2, 0.25) is 0 Å². The van der Waals surface area contributed by atoms with Gasteiger partial charge in [0, 0.05) is 42.9 Å². The summed E-state index contributed by atoms with van der Waals surface area (Å²) in [5, 5.41) is 7.27. The SMILES string of the molecule is Cc1ccc(C(=O)N2CCc3[nH]nc(C(=O)N4CCOCC4)c3C2)c(C)c1. The van der Waals surface area contributed by atoms with E-state index in [1.165, 1.54) is 0 Å². The Labute approximate surface area is 158 Å². The van der Waals surface area contributed by atoms with Crippen molar-refractivity contribution in [2.75, 3.05) is 32.8 Å². The average Bonchev–Trinajstić information content (AvgIpc) is 3.11. The Morgan fingerprint density at radius 3 is 2.59 bits per heavy atom. The molecule has 1 N–H and O–H groups in total. The van der Waals surface area contributed by atoms with E-state index in [-0.39, 0.29) is 11.8 Å². The molecule has 142 valence electrons. The molecule has 7 heteroatoms. The molecule has 1 saturated heterocycles. The molecular weight excluding hydrogens is 344 g/mol. The lowest BCUT2D eigenvalue weighted by Crippen LogP contribution is -2.42. The van der Waals surface area contributed by atoms with Gasteiger partial charge in [-0.25, -0.2) is 0 Å². The van der Waals surface area contributed by atoms with Crippen LogP contribution in [0.15, 0.2) is 18.2 Å². The van der Waals surface area contributed by atoms with Gasteiger partial charge in [0.25, 0.3) is 11.8 Å². The summed E-state index contributed by atoms with van der Waals surface area (Å²) in [5.41, 5.74) is 5.06. The Kier molecular flexibility index (Phi) is 4.70. The molecule has 0 saturated carbocycles. The fourth-order valence-corrected chi connectivity index (χ4v) is 3.79. The lowest BCUT2D eigenvalue weighted by molar-refractivity contribution is 0.0297. The van der Waals surface area contributed by atoms with Gasteiger partial charge in [-0.1, -0.05) is 17.7 Å². The third-order valence-corrected chi connectivity index (χ3v) is 5.33. The minimum absolute atomic E-state index is 0.00382. The first kappa shape index (κ1) is 17.7. The Balaban J connectivity index is 1.56. The highest BCUT2D eigenvalue weighted by Crippen LogP contribution is 2.24. The summed E-state index contributed by atoms with van der Waals surface area (Å²) in [7, 11) is 0. The molecule has 3 heterocycles. The number of hydrogen-bond acceptors (Lipinski definition) is 4. The van der Waals surface area contributed by atoms with E-state index in [1.54, 1.807) is 4.90 Å². The third-order valence-electron chi connectivity index (χ3n) is 5.33. The van der Waals surface area contributed by atoms with Crippen molar-refractivity contribution in [2.45, 2.75) is 26.8 Å². The second-order valence-electron chi connectivity index (χ2n) is 7.23. The number of carbonyl (C=O) groups excluding carboxylic acids is 2. The summed E-state index contributed by atoms with van der Waals surface area (Å²) < 4.78 is 5.32. The van der Waals surface area contributed by atoms with Crippen LogP contribution in [0, 0.1) is 13.8 Å². The summed E-state index contributed by atoms with van der Waals surface area (Å²) in [6, 6.07) is 5.87. The predicted octanol–water partition coefficient (Wildman–Crippen LogP) is 1.70. The molecule has 0 atom stereocenters. The molecule has 7 nitrogen and oxygen atoms in total. The normalized spacial score (nSPS) is 17.0. The molecule has 1 fully saturated rings. The van der Waals surface area contributed by atoms with Crippen LogP contribution in [0.5, 0.6) is 0 Å². The number of H-pyrrole nitrogens is 1. The van der Waals surface area contributed by atoms with Gasteiger partial charge in [0.15, 0.2) is 5.69 Å². The summed E-state index contributed by atoms with van der Waals surface area (Å²) in [5.74, 6) is -0.0827. The van der Waals surface area contributed by atoms with Crippen molar-refractivity contribution in [1.29, 1.82) is 0 Å². The standard InChI is InChI=1S/C20H24N4O3/c1-13-3-4-15(14(2)11-13)19(25)24-6-5-17-16(12-24)18(22-21-17)20(26)23-7-9-27-10-8-23/h3-4,11H,5-10,12H2,1-2H3,(H,21,22). The lowest BCUT2D eigenvalue weighted by atomic mass is 10.0. The zero-order chi connectivity index (χ0) is 19.0. The van der Waals surface area contributed by atoms with E-state index in [0.29, 0.717) is 57.1 Å². The van der Waals surface area contributed by atoms with Gasteiger partial charge >= 0.3 is 0 Å². The fourth-order valence-electron chi connectivity index (χ4n) is 3.79. The highest BCUT2D eigenvalue weighted by atomic mass is 16.5. The Hall–Kier alpha value is -2.67. The molecule has 0 bridgehead atoms. The van der Waals surface area contributed by atoms with Gasteiger partial charge in [-0.15, -0.1) is 0 Å². The smallest absolute Gasteiger partial charge is 0.274 e. The van der Waals surface area contributed by atoms with Crippen molar-refractivity contribution in [3.05, 3.63) is 51.8 Å². The molecular formula is C20H24N4O3. The summed E-state index contributed by atoms with van der Waals surface area (Å²) in [4.78, 5) is 29.5. The zero-order valence-electron chi connectivity index (χ0n) is 15.7. The van der Waals surface area contributed by atoms with E-state index in [9.17, 15) is 9.59 Å². The average molecular weight is 368 g/mol. The zero-order valence-corrected chi connectivity index (χ0v) is 15.7. The topological polar surface area (TPSA) is 78.5 Å². The maximum absolute atomic E-state index is 13.0. The minimum Gasteiger partial charge on any atom is -0.378 e. The van der Waals surface area contributed by atoms with Gasteiger partial charge in [-0.3, -0.25) is 14.7 Å². The second-order valence-corrected chi connectivity index (χ2v) is 7.23. The van der Waals surface area contributed by atoms with Crippen LogP contribution in [-0.2, 0) is 17.7 Å². The van der Waals surface area contributed by atoms with E-state index < -0.39 is 0 Å². The highest BCUT2D eigenvalue weighted by Gasteiger charge is 2.31. The van der Waals surface area contributed by atoms with Gasteiger partial charge in [-0.05, 0) is 25.5 Å². The van der Waals surface area contributed by atoms with Crippen LogP contribution in [0.3, 0.4) is 0 Å². The van der Waals surface area contributed by atoms with Crippen LogP contribution in [0.1, 0.15) is 43.2 Å². The first-order valence-electron chi connectivity index (χ1n) is 9.34. The first-order valence-corrected chi connectivity index (χ1v) is 9.34. The van der Waals surface area contributed by atoms with Crippen LogP contribution < -0.4 is 0 Å². The van der Waals surface area contributed by atoms with Crippen LogP contribution in [0.4, 0.5) is 0 Å². The van der Waals surface area contributed by atoms with Crippen LogP contribution in [-0.4, -0.2) is 64.7 Å². The Morgan fingerprint density at radius 1 is 1.07 bits per heavy atom. The number of aromatic nitrogens is 2. The molecule has 2 aliphatic rings. The summed E-state index contributed by atoms with van der Waals surface area (Å²) in [6.07, 6.45) is 0.676. The number of aryl methyl sites for hydroxylation is 2. The third kappa shape index (κ3) is 3.35. The van der Waals surface area contributed by atoms with E-state index in [4.69, 9.17) is 4.74 Å². The molecule has 0 unspecified atom stereocenters. The second kappa shape index (κ2) is 7.15. The van der Waals surface area contributed by atoms with Crippen molar-refractivity contribution in [1.82, 2.24) is 20.0 Å². The van der Waals surface area contributed by atoms with Crippen LogP contribution in [0.2, 0.25) is 0 Å². The largest absolute Gasteiger partial charge is 0.378 e. The number of aromatic amines is 1. The Bertz CT molecular complexity index is 883. The number of hydrogen-bond donors (Lipinski definition) is 1. The molecule has 27 heavy (non-hydrogen) atoms. The van der Waals surface area contributed by atoms with Crippen molar-refractivity contribution in [2.24, 2.45) is 0 Å². The monoisotopic (exact) mass is 368 g/mol. The number of fused-ring (bicyclic) bond motifs is 1. The van der Waals surface area contributed by atoms with Crippen molar-refractivity contribution in [3.8, 4) is 0 Å². The molecule has 1 aromatic heterocycles. The van der Waals surface area contributed by atoms with Gasteiger partial charge < -0.3 is 14.5 Å². The quantitative estimate of drug-likeness (QED) is 0.875. The van der Waals surface area contributed by atoms with Gasteiger partial charge in [0.1, 0.15) is 0 Å². The van der Waals surface area contributed by atoms with Crippen molar-refractivity contribution < 1.29 is 14.3 Å². The molecule has 0 spiro atoms. The number of ether oxygens (including phenoxy) is 1. The molecule has 1 aromatic carbocycles. The summed E-state index contributed by atoms with van der Waals surface area (Å²) in [6.45, 7) is 7.25. The van der Waals surface area contributed by atoms with E-state index >= 15 is 0 Å². The van der Waals surface area contributed by atoms with Crippen molar-refractivity contribution >= 4 is 11.8 Å². The minimum atomic E-state index is -0.0865. The number of benzene rings is 1. The number of amides is 2. The van der Waals surface area contributed by atoms with Gasteiger partial charge in [0.05, 0.1) is 19.8 Å². The van der Waals surface area contributed by atoms with Gasteiger partial charge in [-0.2, -0.15) is 5.10 Å². The molecule has 4 rings (SSSR count).